The average molecular weight is 235 g/mol. The largest absolute Gasteiger partial charge is 0.356 e. The molecule has 84 valence electrons. The summed E-state index contributed by atoms with van der Waals surface area (Å²) < 4.78 is 0. The molecule has 14 heavy (non-hydrogen) atoms. The molecule has 0 saturated heterocycles. The van der Waals surface area contributed by atoms with Gasteiger partial charge in [-0.3, -0.25) is 4.79 Å². The summed E-state index contributed by atoms with van der Waals surface area (Å²) in [7, 11) is 0. The minimum absolute atomic E-state index is 0.129. The Morgan fingerprint density at radius 3 is 2.64 bits per heavy atom. The van der Waals surface area contributed by atoms with Gasteiger partial charge in [0, 0.05) is 13.0 Å². The maximum Gasteiger partial charge on any atom is 0.220 e. The maximum absolute atomic E-state index is 11.0. The third kappa shape index (κ3) is 10.3. The first-order chi connectivity index (χ1) is 6.81. The fourth-order valence-electron chi connectivity index (χ4n) is 1.14. The van der Waals surface area contributed by atoms with E-state index in [1.54, 1.807) is 0 Å². The summed E-state index contributed by atoms with van der Waals surface area (Å²) in [5, 5.41) is 2.88. The number of rotatable bonds is 9. The first kappa shape index (κ1) is 14.2. The molecule has 0 aromatic carbocycles. The number of thiol groups is 1. The van der Waals surface area contributed by atoms with E-state index in [2.05, 4.69) is 24.2 Å². The van der Waals surface area contributed by atoms with Crippen LogP contribution in [0.2, 0.25) is 0 Å². The van der Waals surface area contributed by atoms with Gasteiger partial charge in [0.2, 0.25) is 5.91 Å². The van der Waals surface area contributed by atoms with Crippen LogP contribution in [-0.2, 0) is 4.79 Å². The molecular weight excluding hydrogens is 214 g/mol. The summed E-state index contributed by atoms with van der Waals surface area (Å²) >= 11 is 5.90. The smallest absolute Gasteiger partial charge is 0.220 e. The van der Waals surface area contributed by atoms with Crippen molar-refractivity contribution in [3.63, 3.8) is 0 Å². The van der Waals surface area contributed by atoms with Crippen molar-refractivity contribution in [3.05, 3.63) is 0 Å². The van der Waals surface area contributed by atoms with Crippen LogP contribution in [0.3, 0.4) is 0 Å². The average Bonchev–Trinajstić information content (AvgIpc) is 2.17. The van der Waals surface area contributed by atoms with Crippen LogP contribution >= 0.6 is 24.4 Å². The van der Waals surface area contributed by atoms with Crippen LogP contribution in [0.5, 0.6) is 0 Å². The standard InChI is InChI=1S/C10H21NOS2/c1-14-9-5-3-2-4-7-11-10(12)6-8-13/h13H,2-9H2,1H3,(H,11,12). The maximum atomic E-state index is 11.0. The topological polar surface area (TPSA) is 29.1 Å². The van der Waals surface area contributed by atoms with Crippen molar-refractivity contribution in [1.29, 1.82) is 0 Å². The number of hydrogen-bond donors (Lipinski definition) is 2. The van der Waals surface area contributed by atoms with E-state index >= 15 is 0 Å². The Kier molecular flexibility index (Phi) is 11.4. The number of nitrogens with one attached hydrogen (secondary N) is 1. The van der Waals surface area contributed by atoms with Crippen LogP contribution in [-0.4, -0.2) is 30.2 Å². The number of hydrogen-bond acceptors (Lipinski definition) is 3. The van der Waals surface area contributed by atoms with Gasteiger partial charge in [0.1, 0.15) is 0 Å². The minimum Gasteiger partial charge on any atom is -0.356 e. The molecule has 4 heteroatoms. The van der Waals surface area contributed by atoms with Crippen LogP contribution in [0, 0.1) is 0 Å². The highest BCUT2D eigenvalue weighted by Crippen LogP contribution is 2.03. The summed E-state index contributed by atoms with van der Waals surface area (Å²) in [6, 6.07) is 0. The molecule has 0 bridgehead atoms. The van der Waals surface area contributed by atoms with Gasteiger partial charge in [-0.25, -0.2) is 0 Å². The second-order valence-electron chi connectivity index (χ2n) is 3.23. The van der Waals surface area contributed by atoms with Gasteiger partial charge in [0.25, 0.3) is 0 Å². The van der Waals surface area contributed by atoms with E-state index in [1.807, 2.05) is 11.8 Å². The SMILES string of the molecule is CSCCCCCCNC(=O)CCS. The normalized spacial score (nSPS) is 10.1. The predicted octanol–water partition coefficient (Wildman–Crippen LogP) is 2.35. The van der Waals surface area contributed by atoms with E-state index in [9.17, 15) is 4.79 Å². The third-order valence-electron chi connectivity index (χ3n) is 1.94. The van der Waals surface area contributed by atoms with E-state index in [4.69, 9.17) is 0 Å². The molecule has 0 spiro atoms. The summed E-state index contributed by atoms with van der Waals surface area (Å²) in [4.78, 5) is 11.0. The minimum atomic E-state index is 0.129. The quantitative estimate of drug-likeness (QED) is 0.474. The summed E-state index contributed by atoms with van der Waals surface area (Å²) in [6.07, 6.45) is 7.58. The van der Waals surface area contributed by atoms with Crippen molar-refractivity contribution >= 4 is 30.3 Å². The van der Waals surface area contributed by atoms with E-state index in [0.29, 0.717) is 12.2 Å². The number of carbonyl (C=O) groups excluding carboxylic acids is 1. The van der Waals surface area contributed by atoms with Gasteiger partial charge in [0.05, 0.1) is 0 Å². The van der Waals surface area contributed by atoms with Gasteiger partial charge in [-0.1, -0.05) is 12.8 Å². The lowest BCUT2D eigenvalue weighted by Crippen LogP contribution is -2.24. The Labute approximate surface area is 97.0 Å². The van der Waals surface area contributed by atoms with Gasteiger partial charge in [-0.15, -0.1) is 0 Å². The lowest BCUT2D eigenvalue weighted by Gasteiger charge is -2.03. The third-order valence-corrected chi connectivity index (χ3v) is 2.86. The molecule has 0 radical (unpaired) electrons. The summed E-state index contributed by atoms with van der Waals surface area (Å²) in [5.74, 6) is 2.02. The lowest BCUT2D eigenvalue weighted by atomic mass is 10.2. The molecule has 0 atom stereocenters. The number of carbonyl (C=O) groups is 1. The van der Waals surface area contributed by atoms with E-state index in [-0.39, 0.29) is 5.91 Å². The van der Waals surface area contributed by atoms with Gasteiger partial charge < -0.3 is 5.32 Å². The molecule has 0 saturated carbocycles. The van der Waals surface area contributed by atoms with E-state index in [0.717, 1.165) is 13.0 Å². The molecule has 0 rings (SSSR count). The van der Waals surface area contributed by atoms with Gasteiger partial charge >= 0.3 is 0 Å². The molecule has 0 aromatic rings. The predicted molar refractivity (Wildman–Crippen MR) is 68.3 cm³/mol. The lowest BCUT2D eigenvalue weighted by molar-refractivity contribution is -0.120. The van der Waals surface area contributed by atoms with Crippen molar-refractivity contribution in [2.45, 2.75) is 32.1 Å². The molecule has 0 unspecified atom stereocenters. The molecule has 1 amide bonds. The van der Waals surface area contributed by atoms with Gasteiger partial charge in [0.15, 0.2) is 0 Å². The van der Waals surface area contributed by atoms with Crippen molar-refractivity contribution < 1.29 is 4.79 Å². The molecule has 0 aliphatic carbocycles. The monoisotopic (exact) mass is 235 g/mol. The Morgan fingerprint density at radius 1 is 1.29 bits per heavy atom. The molecule has 0 heterocycles. The fraction of sp³-hybridized carbons (Fsp3) is 0.900. The van der Waals surface area contributed by atoms with Crippen LogP contribution in [0.25, 0.3) is 0 Å². The highest BCUT2D eigenvalue weighted by atomic mass is 32.2. The first-order valence-electron chi connectivity index (χ1n) is 5.17. The zero-order valence-corrected chi connectivity index (χ0v) is 10.6. The Hall–Kier alpha value is 0.170. The molecular formula is C10H21NOS2. The zero-order valence-electron chi connectivity index (χ0n) is 8.92. The zero-order chi connectivity index (χ0) is 10.6. The number of unbranched alkanes of at least 4 members (excludes halogenated alkanes) is 3. The van der Waals surface area contributed by atoms with E-state index < -0.39 is 0 Å². The van der Waals surface area contributed by atoms with Crippen LogP contribution in [0.4, 0.5) is 0 Å². The van der Waals surface area contributed by atoms with Gasteiger partial charge in [-0.2, -0.15) is 24.4 Å². The van der Waals surface area contributed by atoms with Crippen molar-refractivity contribution in [2.75, 3.05) is 24.3 Å². The second-order valence-corrected chi connectivity index (χ2v) is 4.66. The van der Waals surface area contributed by atoms with Crippen molar-refractivity contribution in [3.8, 4) is 0 Å². The van der Waals surface area contributed by atoms with Crippen molar-refractivity contribution in [1.82, 2.24) is 5.32 Å². The Morgan fingerprint density at radius 2 is 2.00 bits per heavy atom. The summed E-state index contributed by atoms with van der Waals surface area (Å²) in [5.41, 5.74) is 0. The highest BCUT2D eigenvalue weighted by Gasteiger charge is 1.97. The van der Waals surface area contributed by atoms with Crippen molar-refractivity contribution in [2.24, 2.45) is 0 Å². The highest BCUT2D eigenvalue weighted by molar-refractivity contribution is 7.98. The number of amides is 1. The molecule has 0 aliphatic rings. The van der Waals surface area contributed by atoms with E-state index in [1.165, 1.54) is 25.0 Å². The Bertz CT molecular complexity index is 142. The second kappa shape index (κ2) is 11.2. The summed E-state index contributed by atoms with van der Waals surface area (Å²) in [6.45, 7) is 0.825. The molecule has 0 fully saturated rings. The molecule has 1 N–H and O–H groups in total. The van der Waals surface area contributed by atoms with Crippen LogP contribution < -0.4 is 5.32 Å². The Balaban J connectivity index is 3.01. The molecule has 2 nitrogen and oxygen atoms in total. The van der Waals surface area contributed by atoms with Crippen LogP contribution in [0.1, 0.15) is 32.1 Å². The number of thioether (sulfide) groups is 1. The molecule has 0 aromatic heterocycles. The first-order valence-corrected chi connectivity index (χ1v) is 7.20. The fourth-order valence-corrected chi connectivity index (χ4v) is 1.84. The van der Waals surface area contributed by atoms with Crippen LogP contribution in [0.15, 0.2) is 0 Å². The molecule has 0 aliphatic heterocycles. The van der Waals surface area contributed by atoms with Gasteiger partial charge in [-0.05, 0) is 30.6 Å².